The number of nitrogen functional groups attached to an aromatic ring is 1. The van der Waals surface area contributed by atoms with Crippen molar-refractivity contribution in [1.29, 1.82) is 0 Å². The number of urea groups is 1. The van der Waals surface area contributed by atoms with Crippen molar-refractivity contribution in [3.05, 3.63) is 45.3 Å². The molecule has 1 atom stereocenters. The van der Waals surface area contributed by atoms with Crippen LogP contribution >= 0.6 is 22.9 Å². The number of hydrogen-bond acceptors (Lipinski definition) is 6. The van der Waals surface area contributed by atoms with E-state index in [0.717, 1.165) is 85.9 Å². The second-order valence-corrected chi connectivity index (χ2v) is 14.6. The van der Waals surface area contributed by atoms with E-state index in [1.54, 1.807) is 11.3 Å². The Balaban J connectivity index is 1.10. The van der Waals surface area contributed by atoms with Crippen LogP contribution in [0, 0.1) is 17.8 Å². The Bertz CT molecular complexity index is 1380. The average molecular weight is 655 g/mol. The van der Waals surface area contributed by atoms with Gasteiger partial charge in [0, 0.05) is 44.2 Å². The predicted octanol–water partition coefficient (Wildman–Crippen LogP) is 5.37. The van der Waals surface area contributed by atoms with Gasteiger partial charge in [-0.25, -0.2) is 4.79 Å². The highest BCUT2D eigenvalue weighted by Crippen LogP contribution is 2.34. The number of carbonyl (C=O) groups is 3. The van der Waals surface area contributed by atoms with Crippen LogP contribution < -0.4 is 16.4 Å². The van der Waals surface area contributed by atoms with Crippen LogP contribution in [-0.2, 0) is 29.0 Å². The topological polar surface area (TPSA) is 111 Å². The summed E-state index contributed by atoms with van der Waals surface area (Å²) in [7, 11) is 0. The number of hydrogen-bond donors (Lipinski definition) is 3. The number of nitrogens with two attached hydrogens (primary N) is 1. The molecule has 9 nitrogen and oxygen atoms in total. The van der Waals surface area contributed by atoms with E-state index >= 15 is 0 Å². The molecule has 11 heteroatoms. The third-order valence-corrected chi connectivity index (χ3v) is 11.8. The third-order valence-electron chi connectivity index (χ3n) is 10.6. The molecule has 1 aromatic heterocycles. The van der Waals surface area contributed by atoms with Crippen molar-refractivity contribution in [2.75, 3.05) is 50.3 Å². The number of fused-ring (bicyclic) bond motifs is 1. The zero-order chi connectivity index (χ0) is 31.5. The Morgan fingerprint density at radius 1 is 1.02 bits per heavy atom. The van der Waals surface area contributed by atoms with Crippen LogP contribution in [-0.4, -0.2) is 77.9 Å². The molecule has 2 aromatic rings. The van der Waals surface area contributed by atoms with Gasteiger partial charge in [0.1, 0.15) is 5.00 Å². The number of likely N-dealkylation sites (tertiary alicyclic amines) is 2. The summed E-state index contributed by atoms with van der Waals surface area (Å²) in [5, 5.41) is 9.92. The zero-order valence-electron chi connectivity index (χ0n) is 26.4. The lowest BCUT2D eigenvalue weighted by molar-refractivity contribution is -0.143. The minimum Gasteiger partial charge on any atom is -0.397 e. The van der Waals surface area contributed by atoms with Gasteiger partial charge in [-0.15, -0.1) is 11.3 Å². The summed E-state index contributed by atoms with van der Waals surface area (Å²) in [6, 6.07) is 6.00. The number of thiophene rings is 1. The van der Waals surface area contributed by atoms with Gasteiger partial charge >= 0.3 is 6.03 Å². The van der Waals surface area contributed by atoms with Gasteiger partial charge in [-0.1, -0.05) is 24.6 Å². The van der Waals surface area contributed by atoms with E-state index in [2.05, 4.69) is 16.7 Å². The molecular formula is C34H47ClN6O3S. The number of halogens is 1. The van der Waals surface area contributed by atoms with Crippen molar-refractivity contribution >= 4 is 51.5 Å². The van der Waals surface area contributed by atoms with Crippen LogP contribution in [0.4, 0.5) is 15.5 Å². The smallest absolute Gasteiger partial charge is 0.323 e. The second-order valence-electron chi connectivity index (χ2n) is 13.3. The van der Waals surface area contributed by atoms with E-state index in [4.69, 9.17) is 17.3 Å². The molecule has 4 aliphatic heterocycles. The van der Waals surface area contributed by atoms with Gasteiger partial charge < -0.3 is 25.8 Å². The van der Waals surface area contributed by atoms with Crippen molar-refractivity contribution in [3.63, 3.8) is 0 Å². The highest BCUT2D eigenvalue weighted by Gasteiger charge is 2.36. The number of aryl methyl sites for hydroxylation is 1. The lowest BCUT2D eigenvalue weighted by Gasteiger charge is -2.41. The predicted molar refractivity (Wildman–Crippen MR) is 180 cm³/mol. The quantitative estimate of drug-likeness (QED) is 0.332. The summed E-state index contributed by atoms with van der Waals surface area (Å²) in [4.78, 5) is 46.5. The van der Waals surface area contributed by atoms with Crippen molar-refractivity contribution in [1.82, 2.24) is 20.0 Å². The number of anilines is 2. The molecule has 0 aliphatic carbocycles. The fourth-order valence-electron chi connectivity index (χ4n) is 7.90. The van der Waals surface area contributed by atoms with E-state index in [1.807, 2.05) is 39.1 Å². The molecule has 0 saturated carbocycles. The molecule has 5 heterocycles. The molecule has 244 valence electrons. The third kappa shape index (κ3) is 7.28. The number of amides is 4. The Hall–Kier alpha value is -2.82. The minimum absolute atomic E-state index is 0.0110. The van der Waals surface area contributed by atoms with Gasteiger partial charge in [0.05, 0.1) is 23.2 Å². The molecule has 0 unspecified atom stereocenters. The van der Waals surface area contributed by atoms with E-state index < -0.39 is 5.92 Å². The van der Waals surface area contributed by atoms with Gasteiger partial charge in [-0.3, -0.25) is 14.9 Å². The molecule has 0 bridgehead atoms. The molecule has 0 radical (unpaired) electrons. The van der Waals surface area contributed by atoms with Gasteiger partial charge in [-0.2, -0.15) is 0 Å². The molecule has 0 spiro atoms. The van der Waals surface area contributed by atoms with Crippen LogP contribution in [0.25, 0.3) is 0 Å². The summed E-state index contributed by atoms with van der Waals surface area (Å²) < 4.78 is 0. The first-order valence-corrected chi connectivity index (χ1v) is 18.0. The highest BCUT2D eigenvalue weighted by molar-refractivity contribution is 7.14. The number of piperidine rings is 3. The van der Waals surface area contributed by atoms with E-state index in [-0.39, 0.29) is 30.3 Å². The van der Waals surface area contributed by atoms with Crippen molar-refractivity contribution in [2.24, 2.45) is 17.8 Å². The lowest BCUT2D eigenvalue weighted by atomic mass is 9.79. The maximum Gasteiger partial charge on any atom is 0.323 e. The summed E-state index contributed by atoms with van der Waals surface area (Å²) in [6.07, 6.45) is 7.36. The molecule has 6 rings (SSSR count). The molecule has 1 aromatic carbocycles. The highest BCUT2D eigenvalue weighted by atomic mass is 35.5. The monoisotopic (exact) mass is 654 g/mol. The average Bonchev–Trinajstić information content (AvgIpc) is 3.53. The molecule has 4 aliphatic rings. The van der Waals surface area contributed by atoms with Gasteiger partial charge in [0.2, 0.25) is 11.8 Å². The zero-order valence-corrected chi connectivity index (χ0v) is 27.9. The van der Waals surface area contributed by atoms with Crippen molar-refractivity contribution < 1.29 is 14.4 Å². The molecule has 4 amide bonds. The number of rotatable bonds is 8. The first kappa shape index (κ1) is 32.1. The van der Waals surface area contributed by atoms with Crippen LogP contribution in [0.2, 0.25) is 5.02 Å². The Kier molecular flexibility index (Phi) is 10.2. The number of nitrogens with zero attached hydrogens (tertiary/aromatic N) is 3. The molecular weight excluding hydrogens is 608 g/mol. The summed E-state index contributed by atoms with van der Waals surface area (Å²) in [6.45, 7) is 7.52. The van der Waals surface area contributed by atoms with Crippen LogP contribution in [0.5, 0.6) is 0 Å². The second kappa shape index (κ2) is 14.3. The fourth-order valence-corrected chi connectivity index (χ4v) is 8.96. The van der Waals surface area contributed by atoms with Gasteiger partial charge in [0.25, 0.3) is 0 Å². The number of carbonyl (C=O) groups excluding carboxylic acids is 3. The Labute approximate surface area is 275 Å². The maximum atomic E-state index is 14.1. The lowest BCUT2D eigenvalue weighted by Crippen LogP contribution is -2.51. The fraction of sp³-hybridized carbons (Fsp3) is 0.618. The van der Waals surface area contributed by atoms with E-state index in [0.29, 0.717) is 42.7 Å². The summed E-state index contributed by atoms with van der Waals surface area (Å²) in [5.74, 6) is 1.05. The van der Waals surface area contributed by atoms with E-state index in [1.165, 1.54) is 12.8 Å². The molecule has 4 N–H and O–H groups in total. The summed E-state index contributed by atoms with van der Waals surface area (Å²) >= 11 is 8.06. The standard InChI is InChI=1S/C34H47ClN6O3S/c1-2-23-17-22(19-29(35)31(23)36)18-27(33(43)40-12-5-25(6-13-40)24-3-10-37-11-4-24)20-30(42)39-14-7-28(8-15-39)41-21-26-9-16-45-32(26)38-34(41)44/h9,16-17,19,24-25,27-28,37H,2-8,10-15,18,20-21,36H2,1H3,(H,38,44)/t27-/m0/s1. The molecule has 3 saturated heterocycles. The number of nitrogens with one attached hydrogen (secondary N) is 2. The summed E-state index contributed by atoms with van der Waals surface area (Å²) in [5.41, 5.74) is 9.86. The molecule has 45 heavy (non-hydrogen) atoms. The van der Waals surface area contributed by atoms with Crippen LogP contribution in [0.15, 0.2) is 23.6 Å². The first-order chi connectivity index (χ1) is 21.8. The molecule has 3 fully saturated rings. The van der Waals surface area contributed by atoms with Crippen molar-refractivity contribution in [3.8, 4) is 0 Å². The first-order valence-electron chi connectivity index (χ1n) is 16.8. The SMILES string of the molecule is CCc1cc(C[C@@H](CC(=O)N2CCC(N3Cc4ccsc4NC3=O)CC2)C(=O)N2CCC(C3CCNCC3)CC2)cc(Cl)c1N. The van der Waals surface area contributed by atoms with E-state index in [9.17, 15) is 14.4 Å². The van der Waals surface area contributed by atoms with Gasteiger partial charge in [0.15, 0.2) is 0 Å². The minimum atomic E-state index is -0.458. The maximum absolute atomic E-state index is 14.1. The Morgan fingerprint density at radius 3 is 2.42 bits per heavy atom. The number of benzene rings is 1. The largest absolute Gasteiger partial charge is 0.397 e. The Morgan fingerprint density at radius 2 is 1.71 bits per heavy atom. The van der Waals surface area contributed by atoms with Crippen LogP contribution in [0.3, 0.4) is 0 Å². The van der Waals surface area contributed by atoms with Crippen molar-refractivity contribution in [2.45, 2.75) is 77.3 Å². The van der Waals surface area contributed by atoms with Crippen LogP contribution in [0.1, 0.15) is 68.6 Å². The van der Waals surface area contributed by atoms with Gasteiger partial charge in [-0.05, 0) is 105 Å². The normalized spacial score (nSPS) is 21.0.